The molecule has 4 nitrogen and oxygen atoms in total. The van der Waals surface area contributed by atoms with E-state index >= 15 is 0 Å². The molecule has 162 valence electrons. The second kappa shape index (κ2) is 8.00. The summed E-state index contributed by atoms with van der Waals surface area (Å²) in [7, 11) is 1.18. The van der Waals surface area contributed by atoms with Gasteiger partial charge in [0, 0.05) is 40.1 Å². The van der Waals surface area contributed by atoms with Gasteiger partial charge in [0.1, 0.15) is 0 Å². The number of benzene rings is 1. The maximum atomic E-state index is 13.8. The molecule has 2 heterocycles. The van der Waals surface area contributed by atoms with E-state index in [1.54, 1.807) is 18.3 Å². The van der Waals surface area contributed by atoms with Crippen molar-refractivity contribution >= 4 is 23.1 Å². The lowest BCUT2D eigenvalue weighted by Gasteiger charge is -2.37. The van der Waals surface area contributed by atoms with Crippen LogP contribution in [0.5, 0.6) is 0 Å². The topological polar surface area (TPSA) is 55.4 Å². The number of ether oxygens (including phenoxy) is 1. The van der Waals surface area contributed by atoms with Gasteiger partial charge in [-0.15, -0.1) is 11.3 Å². The normalized spacial score (nSPS) is 21.6. The quantitative estimate of drug-likeness (QED) is 0.649. The van der Waals surface area contributed by atoms with E-state index in [1.165, 1.54) is 25.3 Å². The lowest BCUT2D eigenvalue weighted by Crippen LogP contribution is -2.36. The van der Waals surface area contributed by atoms with Crippen LogP contribution >= 0.6 is 11.3 Å². The van der Waals surface area contributed by atoms with Crippen molar-refractivity contribution in [2.45, 2.75) is 37.8 Å². The molecule has 1 N–H and O–H groups in total. The average Bonchev–Trinajstić information content (AvgIpc) is 3.26. The molecule has 2 aliphatic rings. The van der Waals surface area contributed by atoms with Crippen LogP contribution in [-0.2, 0) is 20.5 Å². The second-order valence-electron chi connectivity index (χ2n) is 7.61. The molecule has 0 spiro atoms. The van der Waals surface area contributed by atoms with Gasteiger partial charge < -0.3 is 10.1 Å². The number of methoxy groups -OCH3 is 1. The fraction of sp³-hybridized carbons (Fsp3) is 0.304. The monoisotopic (exact) mass is 447 g/mol. The minimum absolute atomic E-state index is 0.0286. The Morgan fingerprint density at radius 3 is 2.55 bits per heavy atom. The molecule has 1 aromatic heterocycles. The molecule has 0 bridgehead atoms. The first kappa shape index (κ1) is 21.4. The first-order valence-corrected chi connectivity index (χ1v) is 10.6. The third-order valence-corrected chi connectivity index (χ3v) is 6.79. The molecule has 0 amide bonds. The SMILES string of the molecule is COC(=O)C1=C(C)NC2=C(C(=O)C[C@H](c3cccs3)C2)[C@H]1c1ccccc1C(F)(F)F. The molecule has 0 radical (unpaired) electrons. The fourth-order valence-corrected chi connectivity index (χ4v) is 5.29. The highest BCUT2D eigenvalue weighted by Crippen LogP contribution is 2.48. The maximum absolute atomic E-state index is 13.8. The average molecular weight is 447 g/mol. The molecule has 8 heteroatoms. The van der Waals surface area contributed by atoms with Crippen molar-refractivity contribution in [2.24, 2.45) is 0 Å². The molecule has 2 atom stereocenters. The number of hydrogen-bond acceptors (Lipinski definition) is 5. The van der Waals surface area contributed by atoms with E-state index in [2.05, 4.69) is 5.32 Å². The van der Waals surface area contributed by atoms with Crippen LogP contribution in [-0.4, -0.2) is 18.9 Å². The molecule has 1 aromatic carbocycles. The van der Waals surface area contributed by atoms with Gasteiger partial charge >= 0.3 is 12.1 Å². The molecule has 31 heavy (non-hydrogen) atoms. The van der Waals surface area contributed by atoms with Crippen molar-refractivity contribution in [3.8, 4) is 0 Å². The zero-order valence-electron chi connectivity index (χ0n) is 16.9. The van der Waals surface area contributed by atoms with Crippen molar-refractivity contribution in [1.29, 1.82) is 0 Å². The van der Waals surface area contributed by atoms with Gasteiger partial charge in [0.25, 0.3) is 0 Å². The number of alkyl halides is 3. The lowest BCUT2D eigenvalue weighted by molar-refractivity contribution is -0.139. The van der Waals surface area contributed by atoms with E-state index in [-0.39, 0.29) is 34.8 Å². The number of carbonyl (C=O) groups is 2. The number of thiophene rings is 1. The number of rotatable bonds is 3. The number of ketones is 1. The number of esters is 1. The predicted octanol–water partition coefficient (Wildman–Crippen LogP) is 5.30. The predicted molar refractivity (Wildman–Crippen MR) is 110 cm³/mol. The summed E-state index contributed by atoms with van der Waals surface area (Å²) in [6.45, 7) is 1.62. The molecule has 0 saturated heterocycles. The summed E-state index contributed by atoms with van der Waals surface area (Å²) in [6, 6.07) is 8.95. The largest absolute Gasteiger partial charge is 0.466 e. The minimum atomic E-state index is -4.63. The van der Waals surface area contributed by atoms with Crippen molar-refractivity contribution in [2.75, 3.05) is 7.11 Å². The number of allylic oxidation sites excluding steroid dienone is 3. The van der Waals surface area contributed by atoms with Crippen LogP contribution in [0.1, 0.15) is 47.6 Å². The summed E-state index contributed by atoms with van der Waals surface area (Å²) in [5.74, 6) is -2.21. The van der Waals surface area contributed by atoms with Crippen LogP contribution in [0.15, 0.2) is 64.3 Å². The van der Waals surface area contributed by atoms with E-state index in [1.807, 2.05) is 17.5 Å². The van der Waals surface area contributed by atoms with Crippen molar-refractivity contribution in [3.05, 3.63) is 80.3 Å². The zero-order valence-corrected chi connectivity index (χ0v) is 17.7. The molecule has 0 fully saturated rings. The fourth-order valence-electron chi connectivity index (χ4n) is 4.46. The summed E-state index contributed by atoms with van der Waals surface area (Å²) < 4.78 is 46.4. The smallest absolute Gasteiger partial charge is 0.416 e. The van der Waals surface area contributed by atoms with Gasteiger partial charge in [-0.05, 0) is 36.4 Å². The third kappa shape index (κ3) is 3.80. The van der Waals surface area contributed by atoms with Gasteiger partial charge in [0.15, 0.2) is 5.78 Å². The molecule has 4 rings (SSSR count). The number of hydrogen-bond donors (Lipinski definition) is 1. The summed E-state index contributed by atoms with van der Waals surface area (Å²) >= 11 is 1.55. The van der Waals surface area contributed by atoms with Crippen LogP contribution < -0.4 is 5.32 Å². The summed E-state index contributed by atoms with van der Waals surface area (Å²) in [6.07, 6.45) is -3.97. The Bertz CT molecular complexity index is 1100. The number of halogens is 3. The van der Waals surface area contributed by atoms with Gasteiger partial charge in [-0.1, -0.05) is 24.3 Å². The number of nitrogens with one attached hydrogen (secondary N) is 1. The number of Topliss-reactive ketones (excluding diaryl/α,β-unsaturated/α-hetero) is 1. The molecular formula is C23H20F3NO3S. The molecule has 2 aromatic rings. The van der Waals surface area contributed by atoms with Crippen LogP contribution in [0.3, 0.4) is 0 Å². The van der Waals surface area contributed by atoms with Gasteiger partial charge in [-0.3, -0.25) is 4.79 Å². The first-order valence-electron chi connectivity index (χ1n) is 9.74. The summed E-state index contributed by atoms with van der Waals surface area (Å²) in [4.78, 5) is 27.0. The molecular weight excluding hydrogens is 427 g/mol. The Kier molecular flexibility index (Phi) is 5.51. The maximum Gasteiger partial charge on any atom is 0.416 e. The van der Waals surface area contributed by atoms with E-state index in [9.17, 15) is 22.8 Å². The Morgan fingerprint density at radius 1 is 1.16 bits per heavy atom. The van der Waals surface area contributed by atoms with Crippen LogP contribution in [0.4, 0.5) is 13.2 Å². The number of dihydropyridines is 1. The summed E-state index contributed by atoms with van der Waals surface area (Å²) in [5, 5.41) is 5.06. The Morgan fingerprint density at radius 2 is 1.90 bits per heavy atom. The highest BCUT2D eigenvalue weighted by atomic mass is 32.1. The van der Waals surface area contributed by atoms with E-state index in [0.717, 1.165) is 10.9 Å². The van der Waals surface area contributed by atoms with Gasteiger partial charge in [0.05, 0.1) is 18.2 Å². The van der Waals surface area contributed by atoms with Crippen LogP contribution in [0, 0.1) is 0 Å². The molecule has 1 aliphatic heterocycles. The first-order chi connectivity index (χ1) is 14.7. The third-order valence-electron chi connectivity index (χ3n) is 5.76. The standard InChI is InChI=1S/C23H20F3NO3S/c1-12-19(22(29)30-2)20(14-6-3-4-7-15(14)23(24,25)26)21-16(27-12)10-13(11-17(21)28)18-8-5-9-31-18/h3-9,13,20,27H,10-11H2,1-2H3/t13-,20+/m1/s1. The van der Waals surface area contributed by atoms with E-state index in [4.69, 9.17) is 4.74 Å². The lowest BCUT2D eigenvalue weighted by atomic mass is 9.71. The van der Waals surface area contributed by atoms with E-state index < -0.39 is 23.6 Å². The van der Waals surface area contributed by atoms with Crippen molar-refractivity contribution in [1.82, 2.24) is 5.32 Å². The Labute approximate surface area is 181 Å². The second-order valence-corrected chi connectivity index (χ2v) is 8.59. The highest BCUT2D eigenvalue weighted by molar-refractivity contribution is 7.10. The van der Waals surface area contributed by atoms with Gasteiger partial charge in [-0.25, -0.2) is 4.79 Å². The zero-order chi connectivity index (χ0) is 22.3. The minimum Gasteiger partial charge on any atom is -0.466 e. The van der Waals surface area contributed by atoms with Crippen LogP contribution in [0.25, 0.3) is 0 Å². The number of carbonyl (C=O) groups excluding carboxylic acids is 2. The Balaban J connectivity index is 1.90. The van der Waals surface area contributed by atoms with E-state index in [0.29, 0.717) is 17.8 Å². The molecule has 0 saturated carbocycles. The molecule has 0 unspecified atom stereocenters. The van der Waals surface area contributed by atoms with Gasteiger partial charge in [0.2, 0.25) is 0 Å². The molecule has 1 aliphatic carbocycles. The van der Waals surface area contributed by atoms with Gasteiger partial charge in [-0.2, -0.15) is 13.2 Å². The van der Waals surface area contributed by atoms with Crippen LogP contribution in [0.2, 0.25) is 0 Å². The van der Waals surface area contributed by atoms with Crippen molar-refractivity contribution in [3.63, 3.8) is 0 Å². The Hall–Kier alpha value is -2.87. The summed E-state index contributed by atoms with van der Waals surface area (Å²) in [5.41, 5.74) is 0.230. The highest BCUT2D eigenvalue weighted by Gasteiger charge is 2.45. The van der Waals surface area contributed by atoms with Crippen molar-refractivity contribution < 1.29 is 27.5 Å².